The zero-order valence-electron chi connectivity index (χ0n) is 12.2. The van der Waals surface area contributed by atoms with Crippen molar-refractivity contribution >= 4 is 27.3 Å². The molecule has 0 atom stereocenters. The highest BCUT2D eigenvalue weighted by atomic mass is 32.1. The third-order valence-electron chi connectivity index (χ3n) is 3.47. The molecule has 0 unspecified atom stereocenters. The Morgan fingerprint density at radius 1 is 1.26 bits per heavy atom. The maximum Gasteiger partial charge on any atom is 0.262 e. The number of rotatable bonds is 4. The zero-order chi connectivity index (χ0) is 16.6. The fourth-order valence-electron chi connectivity index (χ4n) is 2.21. The van der Waals surface area contributed by atoms with Crippen LogP contribution in [0.1, 0.15) is 22.2 Å². The van der Waals surface area contributed by atoms with E-state index in [1.165, 1.54) is 28.3 Å². The number of thiophene rings is 1. The van der Waals surface area contributed by atoms with Crippen molar-refractivity contribution in [3.8, 4) is 0 Å². The lowest BCUT2D eigenvalue weighted by atomic mass is 10.1. The number of aromatic nitrogens is 2. The molecule has 2 heterocycles. The smallest absolute Gasteiger partial charge is 0.262 e. The highest BCUT2D eigenvalue weighted by molar-refractivity contribution is 7.18. The Bertz CT molecular complexity index is 962. The molecule has 0 N–H and O–H groups in total. The maximum absolute atomic E-state index is 13.2. The summed E-state index contributed by atoms with van der Waals surface area (Å²) in [6.45, 7) is 1.71. The van der Waals surface area contributed by atoms with E-state index in [9.17, 15) is 18.4 Å². The molecule has 0 fully saturated rings. The van der Waals surface area contributed by atoms with Crippen molar-refractivity contribution in [2.24, 2.45) is 0 Å². The molecule has 3 rings (SSSR count). The van der Waals surface area contributed by atoms with Crippen LogP contribution in [0.3, 0.4) is 0 Å². The van der Waals surface area contributed by atoms with Gasteiger partial charge >= 0.3 is 0 Å². The number of halogens is 2. The number of ketones is 1. The standard InChI is InChI=1S/C16H12F2N2O2S/c1-2-10-6-11-15(23-10)19-8-20(16(11)22)7-14(21)9-3-4-12(17)13(18)5-9/h3-6,8H,2,7H2,1H3. The van der Waals surface area contributed by atoms with Gasteiger partial charge in [-0.05, 0) is 30.7 Å². The molecule has 4 nitrogen and oxygen atoms in total. The van der Waals surface area contributed by atoms with Gasteiger partial charge < -0.3 is 0 Å². The van der Waals surface area contributed by atoms with Crippen molar-refractivity contribution in [2.45, 2.75) is 19.9 Å². The van der Waals surface area contributed by atoms with Gasteiger partial charge in [0, 0.05) is 10.4 Å². The van der Waals surface area contributed by atoms with Gasteiger partial charge in [-0.2, -0.15) is 0 Å². The number of carbonyl (C=O) groups excluding carboxylic acids is 1. The predicted octanol–water partition coefficient (Wildman–Crippen LogP) is 3.18. The summed E-state index contributed by atoms with van der Waals surface area (Å²) in [4.78, 5) is 30.4. The van der Waals surface area contributed by atoms with Crippen molar-refractivity contribution in [3.05, 3.63) is 63.0 Å². The summed E-state index contributed by atoms with van der Waals surface area (Å²) < 4.78 is 27.3. The molecule has 0 amide bonds. The van der Waals surface area contributed by atoms with E-state index >= 15 is 0 Å². The summed E-state index contributed by atoms with van der Waals surface area (Å²) in [7, 11) is 0. The summed E-state index contributed by atoms with van der Waals surface area (Å²) in [5.74, 6) is -2.60. The number of hydrogen-bond acceptors (Lipinski definition) is 4. The molecule has 23 heavy (non-hydrogen) atoms. The molecule has 3 aromatic rings. The second-order valence-corrected chi connectivity index (χ2v) is 6.13. The van der Waals surface area contributed by atoms with E-state index in [2.05, 4.69) is 4.98 Å². The number of Topliss-reactive ketones (excluding diaryl/α,β-unsaturated/α-hetero) is 1. The van der Waals surface area contributed by atoms with Gasteiger partial charge in [-0.3, -0.25) is 14.2 Å². The van der Waals surface area contributed by atoms with Crippen molar-refractivity contribution in [3.63, 3.8) is 0 Å². The van der Waals surface area contributed by atoms with Gasteiger partial charge in [-0.15, -0.1) is 11.3 Å². The second kappa shape index (κ2) is 6.00. The SMILES string of the molecule is CCc1cc2c(=O)n(CC(=O)c3ccc(F)c(F)c3)cnc2s1. The molecule has 0 aliphatic rings. The van der Waals surface area contributed by atoms with Gasteiger partial charge in [0.2, 0.25) is 0 Å². The topological polar surface area (TPSA) is 52.0 Å². The number of fused-ring (bicyclic) bond motifs is 1. The van der Waals surface area contributed by atoms with Crippen LogP contribution < -0.4 is 5.56 Å². The van der Waals surface area contributed by atoms with Crippen LogP contribution in [-0.2, 0) is 13.0 Å². The van der Waals surface area contributed by atoms with Crippen LogP contribution in [0.2, 0.25) is 0 Å². The minimum absolute atomic E-state index is 0.00969. The monoisotopic (exact) mass is 334 g/mol. The highest BCUT2D eigenvalue weighted by Gasteiger charge is 2.13. The molecule has 0 radical (unpaired) electrons. The van der Waals surface area contributed by atoms with Gasteiger partial charge in [0.15, 0.2) is 17.4 Å². The summed E-state index contributed by atoms with van der Waals surface area (Å²) in [6.07, 6.45) is 2.10. The molecule has 0 aliphatic carbocycles. The Hall–Kier alpha value is -2.41. The third-order valence-corrected chi connectivity index (χ3v) is 4.66. The number of hydrogen-bond donors (Lipinski definition) is 0. The highest BCUT2D eigenvalue weighted by Crippen LogP contribution is 2.21. The average molecular weight is 334 g/mol. The van der Waals surface area contributed by atoms with Crippen molar-refractivity contribution < 1.29 is 13.6 Å². The van der Waals surface area contributed by atoms with Crippen LogP contribution in [0.4, 0.5) is 8.78 Å². The fraction of sp³-hybridized carbons (Fsp3) is 0.188. The van der Waals surface area contributed by atoms with E-state index in [1.807, 2.05) is 6.92 Å². The van der Waals surface area contributed by atoms with Crippen molar-refractivity contribution in [1.82, 2.24) is 9.55 Å². The van der Waals surface area contributed by atoms with Crippen molar-refractivity contribution in [1.29, 1.82) is 0 Å². The normalized spacial score (nSPS) is 11.1. The summed E-state index contributed by atoms with van der Waals surface area (Å²) in [6, 6.07) is 4.68. The largest absolute Gasteiger partial charge is 0.292 e. The van der Waals surface area contributed by atoms with Crippen LogP contribution >= 0.6 is 11.3 Å². The quantitative estimate of drug-likeness (QED) is 0.689. The number of benzene rings is 1. The van der Waals surface area contributed by atoms with E-state index < -0.39 is 17.4 Å². The Labute approximate surface area is 134 Å². The first-order chi connectivity index (χ1) is 11.0. The third kappa shape index (κ3) is 2.92. The van der Waals surface area contributed by atoms with Crippen LogP contribution in [0.25, 0.3) is 10.2 Å². The zero-order valence-corrected chi connectivity index (χ0v) is 13.0. The van der Waals surface area contributed by atoms with E-state index in [-0.39, 0.29) is 17.7 Å². The van der Waals surface area contributed by atoms with Gasteiger partial charge in [-0.25, -0.2) is 13.8 Å². The van der Waals surface area contributed by atoms with Gasteiger partial charge in [0.05, 0.1) is 18.3 Å². The van der Waals surface area contributed by atoms with E-state index in [0.717, 1.165) is 23.4 Å². The van der Waals surface area contributed by atoms with Gasteiger partial charge in [0.1, 0.15) is 4.83 Å². The van der Waals surface area contributed by atoms with Crippen LogP contribution in [0, 0.1) is 11.6 Å². The first-order valence-electron chi connectivity index (χ1n) is 6.95. The average Bonchev–Trinajstić information content (AvgIpc) is 2.97. The molecule has 2 aromatic heterocycles. The lowest BCUT2D eigenvalue weighted by Gasteiger charge is -2.05. The summed E-state index contributed by atoms with van der Waals surface area (Å²) in [5, 5.41) is 0.465. The van der Waals surface area contributed by atoms with Gasteiger partial charge in [0.25, 0.3) is 5.56 Å². The molecule has 1 aromatic carbocycles. The van der Waals surface area contributed by atoms with E-state index in [0.29, 0.717) is 10.2 Å². The maximum atomic E-state index is 13.2. The Morgan fingerprint density at radius 2 is 2.04 bits per heavy atom. The lowest BCUT2D eigenvalue weighted by Crippen LogP contribution is -2.24. The van der Waals surface area contributed by atoms with E-state index in [4.69, 9.17) is 0 Å². The molecule has 0 saturated heterocycles. The lowest BCUT2D eigenvalue weighted by molar-refractivity contribution is 0.0970. The summed E-state index contributed by atoms with van der Waals surface area (Å²) >= 11 is 1.44. The Morgan fingerprint density at radius 3 is 2.74 bits per heavy atom. The minimum Gasteiger partial charge on any atom is -0.292 e. The first-order valence-corrected chi connectivity index (χ1v) is 7.77. The van der Waals surface area contributed by atoms with Crippen molar-refractivity contribution in [2.75, 3.05) is 0 Å². The molecule has 7 heteroatoms. The van der Waals surface area contributed by atoms with Gasteiger partial charge in [-0.1, -0.05) is 6.92 Å². The molecule has 0 spiro atoms. The molecule has 0 aliphatic heterocycles. The molecular formula is C16H12F2N2O2S. The number of nitrogens with zero attached hydrogens (tertiary/aromatic N) is 2. The van der Waals surface area contributed by atoms with Crippen LogP contribution in [-0.4, -0.2) is 15.3 Å². The van der Waals surface area contributed by atoms with Crippen LogP contribution in [0.15, 0.2) is 35.4 Å². The van der Waals surface area contributed by atoms with Crippen LogP contribution in [0.5, 0.6) is 0 Å². The Kier molecular flexibility index (Phi) is 4.04. The number of carbonyl (C=O) groups is 1. The van der Waals surface area contributed by atoms with E-state index in [1.54, 1.807) is 6.07 Å². The fourth-order valence-corrected chi connectivity index (χ4v) is 3.14. The Balaban J connectivity index is 1.94. The summed E-state index contributed by atoms with van der Waals surface area (Å²) in [5.41, 5.74) is -0.308. The molecule has 118 valence electrons. The number of aryl methyl sites for hydroxylation is 1. The molecular weight excluding hydrogens is 322 g/mol. The minimum atomic E-state index is -1.10. The second-order valence-electron chi connectivity index (χ2n) is 5.01. The molecule has 0 bridgehead atoms. The first kappa shape index (κ1) is 15.5. The molecule has 0 saturated carbocycles. The predicted molar refractivity (Wildman–Crippen MR) is 83.9 cm³/mol.